The van der Waals surface area contributed by atoms with Gasteiger partial charge < -0.3 is 9.32 Å². The van der Waals surface area contributed by atoms with Gasteiger partial charge in [-0.3, -0.25) is 0 Å². The van der Waals surface area contributed by atoms with E-state index in [0.29, 0.717) is 0 Å². The van der Waals surface area contributed by atoms with Gasteiger partial charge >= 0.3 is 0 Å². The maximum Gasteiger partial charge on any atom is 0.137 e. The number of hydrogen-bond acceptors (Lipinski definition) is 2. The third-order valence-corrected chi connectivity index (χ3v) is 13.3. The van der Waals surface area contributed by atoms with Crippen LogP contribution in [0.2, 0.25) is 0 Å². The van der Waals surface area contributed by atoms with Crippen LogP contribution in [0.1, 0.15) is 22.3 Å². The second-order valence-electron chi connectivity index (χ2n) is 16.4. The number of anilines is 3. The minimum atomic E-state index is -0.623. The summed E-state index contributed by atoms with van der Waals surface area (Å²) in [6.07, 6.45) is 0. The van der Waals surface area contributed by atoms with E-state index in [0.717, 1.165) is 39.0 Å². The summed E-state index contributed by atoms with van der Waals surface area (Å²) in [4.78, 5) is 2.40. The molecule has 1 atom stereocenters. The van der Waals surface area contributed by atoms with Crippen LogP contribution in [-0.4, -0.2) is 0 Å². The van der Waals surface area contributed by atoms with E-state index in [9.17, 15) is 0 Å². The first-order chi connectivity index (χ1) is 30.3. The smallest absolute Gasteiger partial charge is 0.137 e. The molecule has 0 N–H and O–H groups in total. The van der Waals surface area contributed by atoms with Crippen LogP contribution in [0, 0.1) is 0 Å². The predicted molar refractivity (Wildman–Crippen MR) is 253 cm³/mol. The van der Waals surface area contributed by atoms with Crippen molar-refractivity contribution in [1.29, 1.82) is 0 Å². The van der Waals surface area contributed by atoms with Gasteiger partial charge in [0, 0.05) is 33.9 Å². The molecular weight excluding hydrogens is 739 g/mol. The quantitative estimate of drug-likeness (QED) is 0.177. The summed E-state index contributed by atoms with van der Waals surface area (Å²) in [5.41, 5.74) is 19.4. The third kappa shape index (κ3) is 4.85. The molecule has 0 amide bonds. The highest BCUT2D eigenvalue weighted by Gasteiger charge is 2.50. The van der Waals surface area contributed by atoms with Crippen molar-refractivity contribution in [1.82, 2.24) is 0 Å². The Balaban J connectivity index is 1.13. The molecule has 1 aromatic heterocycles. The van der Waals surface area contributed by atoms with Crippen molar-refractivity contribution >= 4 is 49.8 Å². The second kappa shape index (κ2) is 13.0. The van der Waals surface area contributed by atoms with Crippen molar-refractivity contribution in [2.75, 3.05) is 4.90 Å². The lowest BCUT2D eigenvalue weighted by Gasteiger charge is -2.36. The lowest BCUT2D eigenvalue weighted by atomic mass is 9.65. The van der Waals surface area contributed by atoms with Gasteiger partial charge in [-0.05, 0) is 120 Å². The first-order valence-electron chi connectivity index (χ1n) is 21.1. The lowest BCUT2D eigenvalue weighted by Crippen LogP contribution is -2.29. The summed E-state index contributed by atoms with van der Waals surface area (Å²) in [7, 11) is 0. The van der Waals surface area contributed by atoms with Gasteiger partial charge in [-0.15, -0.1) is 0 Å². The van der Waals surface area contributed by atoms with E-state index < -0.39 is 5.41 Å². The van der Waals surface area contributed by atoms with Crippen molar-refractivity contribution in [3.8, 4) is 44.5 Å². The number of fused-ring (bicyclic) bond motifs is 17. The van der Waals surface area contributed by atoms with E-state index in [4.69, 9.17) is 4.42 Å². The first kappa shape index (κ1) is 34.0. The molecule has 0 saturated carbocycles. The molecule has 61 heavy (non-hydrogen) atoms. The van der Waals surface area contributed by atoms with Gasteiger partial charge in [-0.2, -0.15) is 0 Å². The molecule has 0 fully saturated rings. The highest BCUT2D eigenvalue weighted by molar-refractivity contribution is 6.08. The zero-order chi connectivity index (χ0) is 40.1. The number of hydrogen-bond donors (Lipinski definition) is 0. The SMILES string of the molecule is c1ccc(-c2ccc(N(c3ccc4c(c3)C3(c5ccccc5-c5ccccc5-4)c4ccccc4-c4c3ccc3ccccc43)c3ccc4c(c3)oc3ccccc34)cc2)cc1. The van der Waals surface area contributed by atoms with E-state index >= 15 is 0 Å². The van der Waals surface area contributed by atoms with E-state index in [-0.39, 0.29) is 0 Å². The first-order valence-corrected chi connectivity index (χ1v) is 21.1. The molecule has 0 bridgehead atoms. The molecular formula is C59H37NO. The molecule has 0 aliphatic heterocycles. The zero-order valence-corrected chi connectivity index (χ0v) is 33.2. The molecule has 284 valence electrons. The third-order valence-electron chi connectivity index (χ3n) is 13.3. The maximum atomic E-state index is 6.54. The molecule has 1 heterocycles. The summed E-state index contributed by atoms with van der Waals surface area (Å²) >= 11 is 0. The number of rotatable bonds is 4. The van der Waals surface area contributed by atoms with Crippen molar-refractivity contribution in [3.63, 3.8) is 0 Å². The van der Waals surface area contributed by atoms with Crippen LogP contribution < -0.4 is 4.90 Å². The van der Waals surface area contributed by atoms with Crippen LogP contribution in [0.15, 0.2) is 229 Å². The van der Waals surface area contributed by atoms with Gasteiger partial charge in [0.2, 0.25) is 0 Å². The van der Waals surface area contributed by atoms with E-state index in [1.165, 1.54) is 77.5 Å². The molecule has 1 unspecified atom stereocenters. The fraction of sp³-hybridized carbons (Fsp3) is 0.0169. The van der Waals surface area contributed by atoms with Crippen LogP contribution in [0.25, 0.3) is 77.2 Å². The average molecular weight is 776 g/mol. The predicted octanol–water partition coefficient (Wildman–Crippen LogP) is 15.9. The number of para-hydroxylation sites is 1. The van der Waals surface area contributed by atoms with Crippen LogP contribution >= 0.6 is 0 Å². The topological polar surface area (TPSA) is 16.4 Å². The Bertz CT molecular complexity index is 3540. The van der Waals surface area contributed by atoms with Gasteiger partial charge in [0.25, 0.3) is 0 Å². The summed E-state index contributed by atoms with van der Waals surface area (Å²) in [5, 5.41) is 4.76. The highest BCUT2D eigenvalue weighted by Crippen LogP contribution is 2.63. The van der Waals surface area contributed by atoms with Crippen molar-refractivity contribution < 1.29 is 4.42 Å². The van der Waals surface area contributed by atoms with Crippen molar-refractivity contribution in [2.24, 2.45) is 0 Å². The molecule has 2 aliphatic carbocycles. The summed E-state index contributed by atoms with van der Waals surface area (Å²) in [6.45, 7) is 0. The van der Waals surface area contributed by atoms with Crippen molar-refractivity contribution in [3.05, 3.63) is 247 Å². The number of furan rings is 1. The van der Waals surface area contributed by atoms with E-state index in [2.05, 4.69) is 223 Å². The molecule has 13 rings (SSSR count). The van der Waals surface area contributed by atoms with Crippen LogP contribution in [0.4, 0.5) is 17.1 Å². The minimum absolute atomic E-state index is 0.623. The van der Waals surface area contributed by atoms with Gasteiger partial charge in [0.15, 0.2) is 0 Å². The monoisotopic (exact) mass is 775 g/mol. The van der Waals surface area contributed by atoms with E-state index in [1.807, 2.05) is 6.07 Å². The fourth-order valence-electron chi connectivity index (χ4n) is 10.7. The summed E-state index contributed by atoms with van der Waals surface area (Å²) < 4.78 is 6.54. The van der Waals surface area contributed by atoms with Crippen LogP contribution in [-0.2, 0) is 5.41 Å². The average Bonchev–Trinajstić information content (AvgIpc) is 3.82. The molecule has 2 nitrogen and oxygen atoms in total. The maximum absolute atomic E-state index is 6.54. The zero-order valence-electron chi connectivity index (χ0n) is 33.2. The highest BCUT2D eigenvalue weighted by atomic mass is 16.3. The Kier molecular flexibility index (Phi) is 7.26. The summed E-state index contributed by atoms with van der Waals surface area (Å²) in [5.74, 6) is 0. The normalized spacial score (nSPS) is 14.6. The van der Waals surface area contributed by atoms with E-state index in [1.54, 1.807) is 0 Å². The van der Waals surface area contributed by atoms with Crippen LogP contribution in [0.3, 0.4) is 0 Å². The van der Waals surface area contributed by atoms with Gasteiger partial charge in [0.1, 0.15) is 11.2 Å². The standard InChI is InChI=1S/C59H37NO/c1-2-14-38(15-3-1)39-26-29-41(30-27-39)60(43-32-34-50-49-21-10-13-25-56(49)61-57(50)37-43)42-31-33-48-46-19-7-6-18-45(46)47-20-8-11-23-52(47)59(55(48)36-42)53-24-12-9-22-51(53)58-44-17-5-4-16-40(44)28-35-54(58)59/h1-37H. The Morgan fingerprint density at radius 1 is 0.311 bits per heavy atom. The van der Waals surface area contributed by atoms with Crippen molar-refractivity contribution in [2.45, 2.75) is 5.41 Å². The Labute approximate surface area is 354 Å². The Morgan fingerprint density at radius 2 is 0.869 bits per heavy atom. The molecule has 2 heteroatoms. The minimum Gasteiger partial charge on any atom is -0.456 e. The summed E-state index contributed by atoms with van der Waals surface area (Å²) in [6, 6.07) is 82.6. The Morgan fingerprint density at radius 3 is 1.67 bits per heavy atom. The Hall–Kier alpha value is -7.94. The lowest BCUT2D eigenvalue weighted by molar-refractivity contribution is 0.669. The largest absolute Gasteiger partial charge is 0.456 e. The van der Waals surface area contributed by atoms with Gasteiger partial charge in [-0.1, -0.05) is 176 Å². The fourth-order valence-corrected chi connectivity index (χ4v) is 10.7. The van der Waals surface area contributed by atoms with Crippen LogP contribution in [0.5, 0.6) is 0 Å². The molecule has 1 spiro atoms. The van der Waals surface area contributed by atoms with Gasteiger partial charge in [-0.25, -0.2) is 0 Å². The number of benzene rings is 10. The van der Waals surface area contributed by atoms with Gasteiger partial charge in [0.05, 0.1) is 5.41 Å². The molecule has 10 aromatic carbocycles. The molecule has 0 radical (unpaired) electrons. The molecule has 2 aliphatic rings. The number of nitrogens with zero attached hydrogens (tertiary/aromatic N) is 1. The second-order valence-corrected chi connectivity index (χ2v) is 16.4. The molecule has 0 saturated heterocycles. The molecule has 11 aromatic rings.